The van der Waals surface area contributed by atoms with E-state index >= 15 is 0 Å². The second kappa shape index (κ2) is 3.11. The van der Waals surface area contributed by atoms with E-state index in [0.717, 1.165) is 6.42 Å². The van der Waals surface area contributed by atoms with Crippen molar-refractivity contribution in [2.45, 2.75) is 19.1 Å². The second-order valence-corrected chi connectivity index (χ2v) is 2.43. The van der Waals surface area contributed by atoms with E-state index < -0.39 is 14.2 Å². The molecule has 1 aliphatic rings. The molecule has 1 aliphatic heterocycles. The van der Waals surface area contributed by atoms with E-state index in [1.807, 2.05) is 0 Å². The van der Waals surface area contributed by atoms with Gasteiger partial charge in [0.25, 0.3) is 0 Å². The smallest absolute Gasteiger partial charge is 0.352 e. The van der Waals surface area contributed by atoms with Crippen molar-refractivity contribution in [1.29, 1.82) is 0 Å². The highest BCUT2D eigenvalue weighted by atomic mass is 31.1. The molecule has 0 N–H and O–H groups in total. The van der Waals surface area contributed by atoms with Gasteiger partial charge in [0, 0.05) is 13.0 Å². The first-order chi connectivity index (χ1) is 4.29. The summed E-state index contributed by atoms with van der Waals surface area (Å²) in [7, 11) is -2.74. The van der Waals surface area contributed by atoms with E-state index in [2.05, 4.69) is 4.52 Å². The Labute approximate surface area is 53.1 Å². The van der Waals surface area contributed by atoms with Crippen LogP contribution in [0.4, 0.5) is 0 Å². The quantitative estimate of drug-likeness (QED) is 0.555. The second-order valence-electron chi connectivity index (χ2n) is 1.77. The van der Waals surface area contributed by atoms with Crippen LogP contribution < -0.4 is 0 Å². The van der Waals surface area contributed by atoms with Gasteiger partial charge in [-0.05, 0) is 6.42 Å². The Kier molecular flexibility index (Phi) is 2.39. The SMILES string of the molecule is O=P(=O)OC1CCCO1. The van der Waals surface area contributed by atoms with Gasteiger partial charge in [0.2, 0.25) is 0 Å². The lowest BCUT2D eigenvalue weighted by Crippen LogP contribution is -2.03. The fraction of sp³-hybridized carbons (Fsp3) is 1.00. The minimum absolute atomic E-state index is 0.508. The first kappa shape index (κ1) is 6.93. The van der Waals surface area contributed by atoms with Crippen molar-refractivity contribution in [2.75, 3.05) is 6.61 Å². The largest absolute Gasteiger partial charge is 0.470 e. The Morgan fingerprint density at radius 2 is 2.33 bits per heavy atom. The van der Waals surface area contributed by atoms with Gasteiger partial charge in [-0.15, -0.1) is 0 Å². The van der Waals surface area contributed by atoms with E-state index in [9.17, 15) is 9.13 Å². The monoisotopic (exact) mass is 150 g/mol. The van der Waals surface area contributed by atoms with Crippen LogP contribution >= 0.6 is 7.91 Å². The number of rotatable bonds is 2. The summed E-state index contributed by atoms with van der Waals surface area (Å²) < 4.78 is 29.0. The summed E-state index contributed by atoms with van der Waals surface area (Å²) in [5.41, 5.74) is 0. The van der Waals surface area contributed by atoms with Crippen molar-refractivity contribution in [1.82, 2.24) is 0 Å². The fourth-order valence-electron chi connectivity index (χ4n) is 0.727. The highest BCUT2D eigenvalue weighted by Gasteiger charge is 2.17. The highest BCUT2D eigenvalue weighted by Crippen LogP contribution is 2.20. The molecule has 52 valence electrons. The molecule has 5 heteroatoms. The molecule has 0 spiro atoms. The molecule has 1 rings (SSSR count). The Bertz CT molecular complexity index is 139. The first-order valence-electron chi connectivity index (χ1n) is 2.72. The van der Waals surface area contributed by atoms with Gasteiger partial charge in [-0.25, -0.2) is 13.7 Å². The van der Waals surface area contributed by atoms with Crippen LogP contribution in [-0.4, -0.2) is 12.9 Å². The summed E-state index contributed by atoms with van der Waals surface area (Å²) in [5.74, 6) is 0. The molecule has 0 aromatic heterocycles. The van der Waals surface area contributed by atoms with Gasteiger partial charge in [-0.2, -0.15) is 0 Å². The maximum atomic E-state index is 9.89. The molecule has 0 amide bonds. The van der Waals surface area contributed by atoms with Gasteiger partial charge in [-0.3, -0.25) is 0 Å². The van der Waals surface area contributed by atoms with Crippen molar-refractivity contribution in [3.05, 3.63) is 0 Å². The van der Waals surface area contributed by atoms with Gasteiger partial charge in [-0.1, -0.05) is 0 Å². The topological polar surface area (TPSA) is 52.6 Å². The third-order valence-corrected chi connectivity index (χ3v) is 1.50. The molecule has 0 aliphatic carbocycles. The van der Waals surface area contributed by atoms with Gasteiger partial charge in [0.1, 0.15) is 0 Å². The minimum atomic E-state index is -2.74. The molecular formula is C4H7O4P. The number of hydrogen-bond donors (Lipinski definition) is 0. The van der Waals surface area contributed by atoms with Crippen molar-refractivity contribution in [3.8, 4) is 0 Å². The first-order valence-corrected chi connectivity index (χ1v) is 3.81. The van der Waals surface area contributed by atoms with E-state index in [1.165, 1.54) is 0 Å². The highest BCUT2D eigenvalue weighted by molar-refractivity contribution is 7.24. The van der Waals surface area contributed by atoms with Crippen LogP contribution in [-0.2, 0) is 18.4 Å². The summed E-state index contributed by atoms with van der Waals surface area (Å²) in [5, 5.41) is 0. The molecule has 1 saturated heterocycles. The zero-order chi connectivity index (χ0) is 6.69. The molecule has 4 nitrogen and oxygen atoms in total. The molecule has 0 saturated carbocycles. The third kappa shape index (κ3) is 2.26. The van der Waals surface area contributed by atoms with Crippen molar-refractivity contribution >= 4 is 7.91 Å². The van der Waals surface area contributed by atoms with E-state index in [-0.39, 0.29) is 0 Å². The maximum absolute atomic E-state index is 9.89. The van der Waals surface area contributed by atoms with Crippen LogP contribution in [0.2, 0.25) is 0 Å². The summed E-state index contributed by atoms with van der Waals surface area (Å²) >= 11 is 0. The molecule has 0 aromatic carbocycles. The predicted molar refractivity (Wildman–Crippen MR) is 28.4 cm³/mol. The Morgan fingerprint density at radius 1 is 1.56 bits per heavy atom. The third-order valence-electron chi connectivity index (χ3n) is 1.09. The number of hydrogen-bond acceptors (Lipinski definition) is 4. The average Bonchev–Trinajstić information content (AvgIpc) is 2.15. The average molecular weight is 150 g/mol. The molecule has 0 aromatic rings. The van der Waals surface area contributed by atoms with Crippen LogP contribution in [0.1, 0.15) is 12.8 Å². The van der Waals surface area contributed by atoms with Gasteiger partial charge in [0.15, 0.2) is 6.29 Å². The molecule has 1 unspecified atom stereocenters. The summed E-state index contributed by atoms with van der Waals surface area (Å²) in [4.78, 5) is 0. The van der Waals surface area contributed by atoms with Crippen LogP contribution in [0, 0.1) is 0 Å². The summed E-state index contributed by atoms with van der Waals surface area (Å²) in [6.45, 7) is 0.605. The zero-order valence-corrected chi connectivity index (χ0v) is 5.67. The van der Waals surface area contributed by atoms with E-state index in [0.29, 0.717) is 13.0 Å². The summed E-state index contributed by atoms with van der Waals surface area (Å²) in [6, 6.07) is 0. The molecule has 1 fully saturated rings. The van der Waals surface area contributed by atoms with E-state index in [4.69, 9.17) is 4.74 Å². The fourth-order valence-corrected chi connectivity index (χ4v) is 1.09. The molecule has 0 bridgehead atoms. The van der Waals surface area contributed by atoms with Crippen molar-refractivity contribution < 1.29 is 18.4 Å². The zero-order valence-electron chi connectivity index (χ0n) is 4.78. The lowest BCUT2D eigenvalue weighted by molar-refractivity contribution is -0.0357. The van der Waals surface area contributed by atoms with Crippen LogP contribution in [0.15, 0.2) is 0 Å². The Balaban J connectivity index is 2.27. The van der Waals surface area contributed by atoms with Gasteiger partial charge < -0.3 is 4.74 Å². The predicted octanol–water partition coefficient (Wildman–Crippen LogP) is 1.23. The lowest BCUT2D eigenvalue weighted by Gasteiger charge is -2.00. The molecule has 1 atom stereocenters. The molecule has 1 heterocycles. The number of ether oxygens (including phenoxy) is 1. The Hall–Kier alpha value is -0.180. The van der Waals surface area contributed by atoms with Crippen molar-refractivity contribution in [3.63, 3.8) is 0 Å². The van der Waals surface area contributed by atoms with Gasteiger partial charge in [0.05, 0.1) is 0 Å². The normalized spacial score (nSPS) is 26.4. The molecular weight excluding hydrogens is 143 g/mol. The lowest BCUT2D eigenvalue weighted by atomic mass is 10.4. The van der Waals surface area contributed by atoms with Gasteiger partial charge >= 0.3 is 7.91 Å². The van der Waals surface area contributed by atoms with Crippen LogP contribution in [0.25, 0.3) is 0 Å². The molecule has 9 heavy (non-hydrogen) atoms. The van der Waals surface area contributed by atoms with Crippen LogP contribution in [0.3, 0.4) is 0 Å². The minimum Gasteiger partial charge on any atom is -0.352 e. The summed E-state index contributed by atoms with van der Waals surface area (Å²) in [6.07, 6.45) is 1.06. The van der Waals surface area contributed by atoms with Crippen LogP contribution in [0.5, 0.6) is 0 Å². The van der Waals surface area contributed by atoms with E-state index in [1.54, 1.807) is 0 Å². The molecule has 0 radical (unpaired) electrons. The van der Waals surface area contributed by atoms with Crippen molar-refractivity contribution in [2.24, 2.45) is 0 Å². The maximum Gasteiger partial charge on any atom is 0.470 e. The standard InChI is InChI=1S/C4H7O4P/c5-9(6)8-4-2-1-3-7-4/h4H,1-3H2. The Morgan fingerprint density at radius 3 is 2.78 bits per heavy atom.